The first-order chi connectivity index (χ1) is 10.7. The van der Waals surface area contributed by atoms with Crippen LogP contribution in [0.2, 0.25) is 0 Å². The van der Waals surface area contributed by atoms with Crippen molar-refractivity contribution < 1.29 is 4.79 Å². The fourth-order valence-electron chi connectivity index (χ4n) is 3.08. The maximum atomic E-state index is 12.3. The van der Waals surface area contributed by atoms with Crippen molar-refractivity contribution in [2.45, 2.75) is 38.3 Å². The third-order valence-electron chi connectivity index (χ3n) is 4.26. The predicted molar refractivity (Wildman–Crippen MR) is 89.8 cm³/mol. The molecule has 3 rings (SSSR count). The fourth-order valence-corrected chi connectivity index (χ4v) is 3.08. The minimum absolute atomic E-state index is 0.00857. The van der Waals surface area contributed by atoms with Gasteiger partial charge in [0.2, 0.25) is 5.91 Å². The molecule has 2 aromatic carbocycles. The molecule has 0 fully saturated rings. The molecule has 0 aromatic heterocycles. The predicted octanol–water partition coefficient (Wildman–Crippen LogP) is 3.68. The fraction of sp³-hybridized carbons (Fsp3) is 0.316. The molecule has 2 aromatic rings. The van der Waals surface area contributed by atoms with Gasteiger partial charge in [0, 0.05) is 11.7 Å². The van der Waals surface area contributed by atoms with Gasteiger partial charge in [-0.05, 0) is 49.4 Å². The highest BCUT2D eigenvalue weighted by molar-refractivity contribution is 5.94. The SMILES string of the molecule is C[C@H](N[C@H]1CCCc2ccccc21)C(=O)Nc1ccccc1. The molecular formula is C19H22N2O. The van der Waals surface area contributed by atoms with Gasteiger partial charge in [-0.25, -0.2) is 0 Å². The Morgan fingerprint density at radius 2 is 1.82 bits per heavy atom. The Kier molecular flexibility index (Phi) is 4.54. The van der Waals surface area contributed by atoms with Gasteiger partial charge >= 0.3 is 0 Å². The van der Waals surface area contributed by atoms with Gasteiger partial charge in [0.25, 0.3) is 0 Å². The quantitative estimate of drug-likeness (QED) is 0.903. The van der Waals surface area contributed by atoms with Crippen molar-refractivity contribution in [1.29, 1.82) is 0 Å². The molecule has 3 nitrogen and oxygen atoms in total. The lowest BCUT2D eigenvalue weighted by atomic mass is 9.87. The number of nitrogens with one attached hydrogen (secondary N) is 2. The number of hydrogen-bond acceptors (Lipinski definition) is 2. The highest BCUT2D eigenvalue weighted by atomic mass is 16.2. The Balaban J connectivity index is 1.65. The van der Waals surface area contributed by atoms with E-state index in [1.165, 1.54) is 17.5 Å². The smallest absolute Gasteiger partial charge is 0.241 e. The second kappa shape index (κ2) is 6.75. The summed E-state index contributed by atoms with van der Waals surface area (Å²) >= 11 is 0. The summed E-state index contributed by atoms with van der Waals surface area (Å²) in [6, 6.07) is 18.2. The van der Waals surface area contributed by atoms with Crippen LogP contribution in [0.3, 0.4) is 0 Å². The summed E-state index contributed by atoms with van der Waals surface area (Å²) in [5.74, 6) is 0.00857. The van der Waals surface area contributed by atoms with Crippen LogP contribution in [0.5, 0.6) is 0 Å². The summed E-state index contributed by atoms with van der Waals surface area (Å²) in [6.07, 6.45) is 3.39. The van der Waals surface area contributed by atoms with Crippen molar-refractivity contribution in [3.8, 4) is 0 Å². The van der Waals surface area contributed by atoms with Crippen LogP contribution in [-0.4, -0.2) is 11.9 Å². The molecule has 0 heterocycles. The number of hydrogen-bond donors (Lipinski definition) is 2. The number of benzene rings is 2. The van der Waals surface area contributed by atoms with Crippen LogP contribution in [0.4, 0.5) is 5.69 Å². The van der Waals surface area contributed by atoms with Gasteiger partial charge in [-0.15, -0.1) is 0 Å². The van der Waals surface area contributed by atoms with E-state index in [1.54, 1.807) is 0 Å². The summed E-state index contributed by atoms with van der Waals surface area (Å²) in [4.78, 5) is 12.3. The molecule has 1 amide bonds. The molecular weight excluding hydrogens is 272 g/mol. The average Bonchev–Trinajstić information content (AvgIpc) is 2.56. The zero-order chi connectivity index (χ0) is 15.4. The lowest BCUT2D eigenvalue weighted by molar-refractivity contribution is -0.118. The molecule has 0 unspecified atom stereocenters. The van der Waals surface area contributed by atoms with Crippen molar-refractivity contribution >= 4 is 11.6 Å². The lowest BCUT2D eigenvalue weighted by Gasteiger charge is -2.28. The van der Waals surface area contributed by atoms with E-state index in [-0.39, 0.29) is 18.0 Å². The Hall–Kier alpha value is -2.13. The summed E-state index contributed by atoms with van der Waals surface area (Å²) in [5, 5.41) is 6.44. The number of rotatable bonds is 4. The number of aryl methyl sites for hydroxylation is 1. The van der Waals surface area contributed by atoms with Crippen LogP contribution in [0.15, 0.2) is 54.6 Å². The maximum absolute atomic E-state index is 12.3. The number of fused-ring (bicyclic) bond motifs is 1. The van der Waals surface area contributed by atoms with Gasteiger partial charge in [0.05, 0.1) is 6.04 Å². The number of carbonyl (C=O) groups is 1. The standard InChI is InChI=1S/C19H22N2O/c1-14(19(22)21-16-10-3-2-4-11-16)20-18-13-7-9-15-8-5-6-12-17(15)18/h2-6,8,10-12,14,18,20H,7,9,13H2,1H3,(H,21,22)/t14-,18-/m0/s1. The highest BCUT2D eigenvalue weighted by Gasteiger charge is 2.23. The highest BCUT2D eigenvalue weighted by Crippen LogP contribution is 2.29. The molecule has 2 N–H and O–H groups in total. The summed E-state index contributed by atoms with van der Waals surface area (Å²) in [6.45, 7) is 1.93. The molecule has 3 heteroatoms. The van der Waals surface area contributed by atoms with Crippen molar-refractivity contribution in [3.63, 3.8) is 0 Å². The first kappa shape index (κ1) is 14.8. The van der Waals surface area contributed by atoms with Crippen molar-refractivity contribution in [2.24, 2.45) is 0 Å². The number of para-hydroxylation sites is 1. The Labute approximate surface area is 131 Å². The van der Waals surface area contributed by atoms with E-state index in [9.17, 15) is 4.79 Å². The summed E-state index contributed by atoms with van der Waals surface area (Å²) in [7, 11) is 0. The van der Waals surface area contributed by atoms with Gasteiger partial charge in [-0.3, -0.25) is 10.1 Å². The van der Waals surface area contributed by atoms with E-state index in [1.807, 2.05) is 37.3 Å². The van der Waals surface area contributed by atoms with Crippen molar-refractivity contribution in [2.75, 3.05) is 5.32 Å². The lowest BCUT2D eigenvalue weighted by Crippen LogP contribution is -2.41. The maximum Gasteiger partial charge on any atom is 0.241 e. The van der Waals surface area contributed by atoms with E-state index < -0.39 is 0 Å². The second-order valence-corrected chi connectivity index (χ2v) is 5.89. The van der Waals surface area contributed by atoms with Crippen LogP contribution in [0, 0.1) is 0 Å². The molecule has 0 saturated heterocycles. The second-order valence-electron chi connectivity index (χ2n) is 5.89. The monoisotopic (exact) mass is 294 g/mol. The van der Waals surface area contributed by atoms with E-state index in [0.717, 1.165) is 18.5 Å². The van der Waals surface area contributed by atoms with E-state index in [2.05, 4.69) is 34.9 Å². The Morgan fingerprint density at radius 1 is 1.09 bits per heavy atom. The number of amides is 1. The van der Waals surface area contributed by atoms with Gasteiger partial charge in [-0.1, -0.05) is 42.5 Å². The first-order valence-corrected chi connectivity index (χ1v) is 7.94. The van der Waals surface area contributed by atoms with Crippen LogP contribution in [0.1, 0.15) is 36.9 Å². The largest absolute Gasteiger partial charge is 0.325 e. The van der Waals surface area contributed by atoms with Crippen molar-refractivity contribution in [1.82, 2.24) is 5.32 Å². The van der Waals surface area contributed by atoms with Crippen LogP contribution < -0.4 is 10.6 Å². The minimum atomic E-state index is -0.226. The molecule has 0 aliphatic heterocycles. The average molecular weight is 294 g/mol. The van der Waals surface area contributed by atoms with Crippen LogP contribution >= 0.6 is 0 Å². The molecule has 2 atom stereocenters. The number of anilines is 1. The Morgan fingerprint density at radius 3 is 2.64 bits per heavy atom. The molecule has 0 saturated carbocycles. The zero-order valence-corrected chi connectivity index (χ0v) is 12.9. The van der Waals surface area contributed by atoms with E-state index >= 15 is 0 Å². The van der Waals surface area contributed by atoms with Crippen LogP contribution in [-0.2, 0) is 11.2 Å². The number of carbonyl (C=O) groups excluding carboxylic acids is 1. The summed E-state index contributed by atoms with van der Waals surface area (Å²) in [5.41, 5.74) is 3.58. The molecule has 1 aliphatic rings. The molecule has 0 spiro atoms. The van der Waals surface area contributed by atoms with Crippen molar-refractivity contribution in [3.05, 3.63) is 65.7 Å². The van der Waals surface area contributed by atoms with Gasteiger partial charge in [0.15, 0.2) is 0 Å². The third-order valence-corrected chi connectivity index (χ3v) is 4.26. The molecule has 22 heavy (non-hydrogen) atoms. The summed E-state index contributed by atoms with van der Waals surface area (Å²) < 4.78 is 0. The zero-order valence-electron chi connectivity index (χ0n) is 12.9. The van der Waals surface area contributed by atoms with Gasteiger partial charge in [0.1, 0.15) is 0 Å². The molecule has 0 bridgehead atoms. The van der Waals surface area contributed by atoms with Gasteiger partial charge in [-0.2, -0.15) is 0 Å². The van der Waals surface area contributed by atoms with Gasteiger partial charge < -0.3 is 5.32 Å². The normalized spacial score (nSPS) is 18.3. The molecule has 1 aliphatic carbocycles. The van der Waals surface area contributed by atoms with Crippen LogP contribution in [0.25, 0.3) is 0 Å². The van der Waals surface area contributed by atoms with E-state index in [4.69, 9.17) is 0 Å². The third kappa shape index (κ3) is 3.37. The topological polar surface area (TPSA) is 41.1 Å². The first-order valence-electron chi connectivity index (χ1n) is 7.94. The van der Waals surface area contributed by atoms with E-state index in [0.29, 0.717) is 0 Å². The molecule has 0 radical (unpaired) electrons. The molecule has 114 valence electrons. The Bertz CT molecular complexity index is 639. The minimum Gasteiger partial charge on any atom is -0.325 e.